The Morgan fingerprint density at radius 1 is 1.17 bits per heavy atom. The number of benzene rings is 1. The molecule has 2 bridgehead atoms. The zero-order valence-corrected chi connectivity index (χ0v) is 11.3. The van der Waals surface area contributed by atoms with Crippen LogP contribution >= 0.6 is 11.8 Å². The van der Waals surface area contributed by atoms with Crippen LogP contribution in [-0.2, 0) is 4.74 Å². The Morgan fingerprint density at radius 3 is 2.94 bits per heavy atom. The zero-order chi connectivity index (χ0) is 11.9. The van der Waals surface area contributed by atoms with E-state index < -0.39 is 0 Å². The van der Waals surface area contributed by atoms with Crippen molar-refractivity contribution in [2.45, 2.75) is 54.9 Å². The summed E-state index contributed by atoms with van der Waals surface area (Å²) in [5, 5.41) is 3.87. The highest BCUT2D eigenvalue weighted by Gasteiger charge is 2.41. The first-order chi connectivity index (χ1) is 8.90. The van der Waals surface area contributed by atoms with Gasteiger partial charge in [0.25, 0.3) is 0 Å². The summed E-state index contributed by atoms with van der Waals surface area (Å²) in [5.41, 5.74) is 1.50. The molecule has 3 heterocycles. The van der Waals surface area contributed by atoms with Gasteiger partial charge in [-0.05, 0) is 43.1 Å². The van der Waals surface area contributed by atoms with Crippen LogP contribution in [0.4, 0.5) is 0 Å². The molecule has 2 fully saturated rings. The van der Waals surface area contributed by atoms with E-state index in [-0.39, 0.29) is 0 Å². The number of fused-ring (bicyclic) bond motifs is 3. The first-order valence-electron chi connectivity index (χ1n) is 7.03. The van der Waals surface area contributed by atoms with Crippen LogP contribution in [0.2, 0.25) is 0 Å². The molecule has 0 aromatic heterocycles. The van der Waals surface area contributed by atoms with E-state index in [4.69, 9.17) is 4.74 Å². The van der Waals surface area contributed by atoms with Gasteiger partial charge in [-0.3, -0.25) is 0 Å². The molecule has 96 valence electrons. The summed E-state index contributed by atoms with van der Waals surface area (Å²) >= 11 is 1.99. The van der Waals surface area contributed by atoms with E-state index in [0.717, 1.165) is 0 Å². The minimum atomic E-state index is 0.483. The Kier molecular flexibility index (Phi) is 2.86. The summed E-state index contributed by atoms with van der Waals surface area (Å²) in [6.07, 6.45) is 6.02. The van der Waals surface area contributed by atoms with Crippen molar-refractivity contribution < 1.29 is 4.74 Å². The minimum Gasteiger partial charge on any atom is -0.373 e. The van der Waals surface area contributed by atoms with E-state index in [0.29, 0.717) is 24.3 Å². The molecule has 1 aromatic rings. The fourth-order valence-electron chi connectivity index (χ4n) is 3.59. The third-order valence-electron chi connectivity index (χ3n) is 4.48. The molecule has 0 aliphatic carbocycles. The van der Waals surface area contributed by atoms with Crippen molar-refractivity contribution in [2.24, 2.45) is 0 Å². The number of ether oxygens (including phenoxy) is 1. The van der Waals surface area contributed by atoms with Gasteiger partial charge < -0.3 is 10.1 Å². The Labute approximate surface area is 112 Å². The number of thioether (sulfide) groups is 1. The van der Waals surface area contributed by atoms with Gasteiger partial charge in [0.2, 0.25) is 0 Å². The molecule has 18 heavy (non-hydrogen) atoms. The topological polar surface area (TPSA) is 21.3 Å². The Bertz CT molecular complexity index is 450. The lowest BCUT2D eigenvalue weighted by molar-refractivity contribution is 0.0958. The number of hydrogen-bond donors (Lipinski definition) is 1. The van der Waals surface area contributed by atoms with Crippen molar-refractivity contribution in [3.8, 4) is 0 Å². The second-order valence-electron chi connectivity index (χ2n) is 5.61. The smallest absolute Gasteiger partial charge is 0.0733 e. The van der Waals surface area contributed by atoms with Crippen LogP contribution in [0, 0.1) is 0 Å². The molecule has 0 radical (unpaired) electrons. The number of nitrogens with one attached hydrogen (secondary N) is 1. The molecule has 2 nitrogen and oxygen atoms in total. The van der Waals surface area contributed by atoms with Gasteiger partial charge in [0.05, 0.1) is 12.2 Å². The van der Waals surface area contributed by atoms with Crippen molar-refractivity contribution in [3.63, 3.8) is 0 Å². The summed E-state index contributed by atoms with van der Waals surface area (Å²) in [6, 6.07) is 9.98. The van der Waals surface area contributed by atoms with Gasteiger partial charge >= 0.3 is 0 Å². The average molecular weight is 261 g/mol. The molecule has 2 saturated heterocycles. The van der Waals surface area contributed by atoms with Crippen molar-refractivity contribution in [1.29, 1.82) is 0 Å². The standard InChI is InChI=1S/C15H19NOS/c1-2-4-15-11(3-1)12(7-8-18-15)16-13-9-10-5-6-14(13)17-10/h1-4,10,12-14,16H,5-9H2. The maximum absolute atomic E-state index is 5.95. The molecule has 0 amide bonds. The quantitative estimate of drug-likeness (QED) is 0.883. The van der Waals surface area contributed by atoms with Crippen molar-refractivity contribution >= 4 is 11.8 Å². The highest BCUT2D eigenvalue weighted by atomic mass is 32.2. The van der Waals surface area contributed by atoms with E-state index in [2.05, 4.69) is 29.6 Å². The second kappa shape index (κ2) is 4.55. The van der Waals surface area contributed by atoms with Gasteiger partial charge in [0.15, 0.2) is 0 Å². The maximum Gasteiger partial charge on any atom is 0.0733 e. The van der Waals surface area contributed by atoms with Gasteiger partial charge in [0, 0.05) is 17.0 Å². The van der Waals surface area contributed by atoms with Crippen LogP contribution in [0.3, 0.4) is 0 Å². The molecule has 0 saturated carbocycles. The summed E-state index contributed by atoms with van der Waals surface area (Å²) in [7, 11) is 0. The molecular formula is C15H19NOS. The molecule has 4 unspecified atom stereocenters. The molecule has 1 N–H and O–H groups in total. The van der Waals surface area contributed by atoms with E-state index in [1.165, 1.54) is 41.9 Å². The molecule has 3 aliphatic heterocycles. The van der Waals surface area contributed by atoms with Gasteiger partial charge in [-0.15, -0.1) is 11.8 Å². The lowest BCUT2D eigenvalue weighted by Gasteiger charge is -2.31. The molecule has 0 spiro atoms. The van der Waals surface area contributed by atoms with Crippen molar-refractivity contribution in [3.05, 3.63) is 29.8 Å². The third-order valence-corrected chi connectivity index (χ3v) is 5.60. The Hall–Kier alpha value is -0.510. The van der Waals surface area contributed by atoms with E-state index >= 15 is 0 Å². The predicted octanol–water partition coefficient (Wildman–Crippen LogP) is 3.13. The van der Waals surface area contributed by atoms with Gasteiger partial charge in [0.1, 0.15) is 0 Å². The highest BCUT2D eigenvalue weighted by Crippen LogP contribution is 2.39. The molecule has 1 aromatic carbocycles. The largest absolute Gasteiger partial charge is 0.373 e. The fraction of sp³-hybridized carbons (Fsp3) is 0.600. The molecule has 3 heteroatoms. The SMILES string of the molecule is c1ccc2c(c1)SCCC2NC1CC2CCC1O2. The van der Waals surface area contributed by atoms with Gasteiger partial charge in [-0.25, -0.2) is 0 Å². The minimum absolute atomic E-state index is 0.483. The van der Waals surface area contributed by atoms with Crippen LogP contribution in [0.15, 0.2) is 29.2 Å². The lowest BCUT2D eigenvalue weighted by Crippen LogP contribution is -2.40. The number of hydrogen-bond acceptors (Lipinski definition) is 3. The molecule has 3 aliphatic rings. The summed E-state index contributed by atoms with van der Waals surface area (Å²) < 4.78 is 5.95. The first-order valence-corrected chi connectivity index (χ1v) is 8.02. The van der Waals surface area contributed by atoms with Crippen LogP contribution in [0.5, 0.6) is 0 Å². The summed E-state index contributed by atoms with van der Waals surface area (Å²) in [6.45, 7) is 0. The van der Waals surface area contributed by atoms with Crippen molar-refractivity contribution in [1.82, 2.24) is 5.32 Å². The summed E-state index contributed by atoms with van der Waals surface area (Å²) in [4.78, 5) is 1.46. The van der Waals surface area contributed by atoms with E-state index in [1.807, 2.05) is 11.8 Å². The summed E-state index contributed by atoms with van der Waals surface area (Å²) in [5.74, 6) is 1.23. The highest BCUT2D eigenvalue weighted by molar-refractivity contribution is 7.99. The van der Waals surface area contributed by atoms with E-state index in [1.54, 1.807) is 0 Å². The van der Waals surface area contributed by atoms with Crippen molar-refractivity contribution in [2.75, 3.05) is 5.75 Å². The molecular weight excluding hydrogens is 242 g/mol. The fourth-order valence-corrected chi connectivity index (χ4v) is 4.71. The Morgan fingerprint density at radius 2 is 2.11 bits per heavy atom. The monoisotopic (exact) mass is 261 g/mol. The van der Waals surface area contributed by atoms with Crippen LogP contribution in [-0.4, -0.2) is 24.0 Å². The normalized spacial score (nSPS) is 37.8. The second-order valence-corrected chi connectivity index (χ2v) is 6.75. The predicted molar refractivity (Wildman–Crippen MR) is 74.0 cm³/mol. The van der Waals surface area contributed by atoms with E-state index in [9.17, 15) is 0 Å². The molecule has 4 atom stereocenters. The Balaban J connectivity index is 1.53. The van der Waals surface area contributed by atoms with Crippen LogP contribution in [0.1, 0.15) is 37.3 Å². The lowest BCUT2D eigenvalue weighted by atomic mass is 9.93. The average Bonchev–Trinajstić information content (AvgIpc) is 3.01. The van der Waals surface area contributed by atoms with Gasteiger partial charge in [-0.1, -0.05) is 18.2 Å². The third kappa shape index (κ3) is 1.89. The zero-order valence-electron chi connectivity index (χ0n) is 10.5. The molecule has 4 rings (SSSR count). The van der Waals surface area contributed by atoms with Crippen LogP contribution in [0.25, 0.3) is 0 Å². The van der Waals surface area contributed by atoms with Gasteiger partial charge in [-0.2, -0.15) is 0 Å². The first kappa shape index (κ1) is 11.3. The van der Waals surface area contributed by atoms with Crippen LogP contribution < -0.4 is 5.32 Å². The number of rotatable bonds is 2. The maximum atomic E-state index is 5.95.